The van der Waals surface area contributed by atoms with Gasteiger partial charge in [0.2, 0.25) is 11.8 Å². The Hall–Kier alpha value is -3.28. The molecule has 0 unspecified atom stereocenters. The Balaban J connectivity index is 1.84. The van der Waals surface area contributed by atoms with E-state index in [1.165, 1.54) is 6.92 Å². The first-order valence-corrected chi connectivity index (χ1v) is 7.82. The van der Waals surface area contributed by atoms with E-state index < -0.39 is 0 Å². The first-order chi connectivity index (χ1) is 12.1. The monoisotopic (exact) mass is 339 g/mol. The summed E-state index contributed by atoms with van der Waals surface area (Å²) >= 11 is 0. The summed E-state index contributed by atoms with van der Waals surface area (Å²) in [4.78, 5) is 23.1. The summed E-state index contributed by atoms with van der Waals surface area (Å²) in [5, 5.41) is 8.49. The van der Waals surface area contributed by atoms with Crippen LogP contribution in [0.1, 0.15) is 6.92 Å². The summed E-state index contributed by atoms with van der Waals surface area (Å²) < 4.78 is 5.40. The Labute approximate surface area is 146 Å². The molecule has 0 saturated carbocycles. The molecule has 0 aliphatic carbocycles. The van der Waals surface area contributed by atoms with Crippen molar-refractivity contribution < 1.29 is 14.3 Å². The molecule has 0 atom stereocenters. The lowest BCUT2D eigenvalue weighted by molar-refractivity contribution is -0.115. The van der Waals surface area contributed by atoms with Gasteiger partial charge in [-0.15, -0.1) is 0 Å². The van der Waals surface area contributed by atoms with E-state index in [2.05, 4.69) is 22.5 Å². The van der Waals surface area contributed by atoms with Crippen LogP contribution >= 0.6 is 0 Å². The second-order valence-electron chi connectivity index (χ2n) is 5.29. The van der Waals surface area contributed by atoms with E-state index in [9.17, 15) is 9.59 Å². The smallest absolute Gasteiger partial charge is 0.243 e. The molecule has 0 aliphatic heterocycles. The Morgan fingerprint density at radius 2 is 1.72 bits per heavy atom. The molecule has 0 aromatic heterocycles. The molecule has 2 aromatic carbocycles. The third-order valence-electron chi connectivity index (χ3n) is 3.14. The molecular formula is C19H21N3O3. The van der Waals surface area contributed by atoms with Crippen molar-refractivity contribution in [2.75, 3.05) is 29.1 Å². The van der Waals surface area contributed by atoms with Crippen LogP contribution in [0.5, 0.6) is 5.75 Å². The van der Waals surface area contributed by atoms with E-state index in [1.54, 1.807) is 30.3 Å². The van der Waals surface area contributed by atoms with Crippen LogP contribution in [-0.2, 0) is 9.59 Å². The number of amides is 2. The highest BCUT2D eigenvalue weighted by atomic mass is 16.5. The zero-order valence-corrected chi connectivity index (χ0v) is 14.0. The minimum absolute atomic E-state index is 0.122. The van der Waals surface area contributed by atoms with E-state index >= 15 is 0 Å². The van der Waals surface area contributed by atoms with Crippen LogP contribution in [0.15, 0.2) is 61.2 Å². The molecule has 2 amide bonds. The average Bonchev–Trinajstić information content (AvgIpc) is 2.59. The van der Waals surface area contributed by atoms with Gasteiger partial charge in [-0.2, -0.15) is 0 Å². The number of anilines is 3. The number of carbonyl (C=O) groups excluding carboxylic acids is 2. The van der Waals surface area contributed by atoms with Crippen molar-refractivity contribution in [3.8, 4) is 5.75 Å². The molecule has 2 rings (SSSR count). The van der Waals surface area contributed by atoms with E-state index in [-0.39, 0.29) is 18.4 Å². The molecule has 3 N–H and O–H groups in total. The zero-order valence-electron chi connectivity index (χ0n) is 14.0. The van der Waals surface area contributed by atoms with Crippen LogP contribution in [0.4, 0.5) is 17.1 Å². The molecule has 0 heterocycles. The van der Waals surface area contributed by atoms with Crippen molar-refractivity contribution >= 4 is 28.9 Å². The quantitative estimate of drug-likeness (QED) is 0.645. The minimum Gasteiger partial charge on any atom is -0.490 e. The fourth-order valence-corrected chi connectivity index (χ4v) is 2.09. The van der Waals surface area contributed by atoms with E-state index in [1.807, 2.05) is 24.3 Å². The number of rotatable bonds is 8. The van der Waals surface area contributed by atoms with Gasteiger partial charge >= 0.3 is 0 Å². The van der Waals surface area contributed by atoms with Gasteiger partial charge in [0.1, 0.15) is 12.4 Å². The van der Waals surface area contributed by atoms with Crippen molar-refractivity contribution in [1.29, 1.82) is 0 Å². The van der Waals surface area contributed by atoms with Crippen LogP contribution in [0.3, 0.4) is 0 Å². The molecule has 6 heteroatoms. The maximum atomic E-state index is 12.0. The fraction of sp³-hybridized carbons (Fsp3) is 0.158. The highest BCUT2D eigenvalue weighted by Crippen LogP contribution is 2.16. The van der Waals surface area contributed by atoms with Gasteiger partial charge in [-0.3, -0.25) is 9.59 Å². The van der Waals surface area contributed by atoms with Crippen LogP contribution in [0.2, 0.25) is 0 Å². The van der Waals surface area contributed by atoms with Gasteiger partial charge in [-0.05, 0) is 42.5 Å². The number of benzene rings is 2. The minimum atomic E-state index is -0.188. The Bertz CT molecular complexity index is 742. The maximum absolute atomic E-state index is 12.0. The largest absolute Gasteiger partial charge is 0.490 e. The molecule has 0 radical (unpaired) electrons. The summed E-state index contributed by atoms with van der Waals surface area (Å²) in [5.41, 5.74) is 2.06. The fourth-order valence-electron chi connectivity index (χ4n) is 2.09. The number of nitrogens with one attached hydrogen (secondary N) is 3. The van der Waals surface area contributed by atoms with Crippen molar-refractivity contribution in [3.63, 3.8) is 0 Å². The zero-order chi connectivity index (χ0) is 18.1. The molecule has 0 spiro atoms. The Morgan fingerprint density at radius 3 is 2.36 bits per heavy atom. The van der Waals surface area contributed by atoms with Crippen molar-refractivity contribution in [2.45, 2.75) is 6.92 Å². The first-order valence-electron chi connectivity index (χ1n) is 7.82. The van der Waals surface area contributed by atoms with Crippen LogP contribution in [-0.4, -0.2) is 25.0 Å². The SMILES string of the molecule is C=CCOc1ccc(NCC(=O)Nc2cccc(NC(C)=O)c2)cc1. The standard InChI is InChI=1S/C19H21N3O3/c1-3-11-25-18-9-7-15(8-10-18)20-13-19(24)22-17-6-4-5-16(12-17)21-14(2)23/h3-10,12,20H,1,11,13H2,2H3,(H,21,23)(H,22,24). The molecule has 0 fully saturated rings. The van der Waals surface area contributed by atoms with E-state index in [4.69, 9.17) is 4.74 Å². The van der Waals surface area contributed by atoms with Gasteiger partial charge in [0.15, 0.2) is 0 Å². The molecule has 130 valence electrons. The normalized spacial score (nSPS) is 9.80. The second kappa shape index (κ2) is 9.12. The van der Waals surface area contributed by atoms with Crippen LogP contribution < -0.4 is 20.7 Å². The lowest BCUT2D eigenvalue weighted by Crippen LogP contribution is -2.21. The molecule has 0 saturated heterocycles. The van der Waals surface area contributed by atoms with Gasteiger partial charge in [-0.1, -0.05) is 18.7 Å². The van der Waals surface area contributed by atoms with E-state index in [0.29, 0.717) is 18.0 Å². The van der Waals surface area contributed by atoms with Gasteiger partial charge in [0.25, 0.3) is 0 Å². The summed E-state index contributed by atoms with van der Waals surface area (Å²) in [5.74, 6) is 0.391. The van der Waals surface area contributed by atoms with Crippen molar-refractivity contribution in [2.24, 2.45) is 0 Å². The second-order valence-corrected chi connectivity index (χ2v) is 5.29. The number of hydrogen-bond donors (Lipinski definition) is 3. The molecule has 0 aliphatic rings. The van der Waals surface area contributed by atoms with Crippen LogP contribution in [0, 0.1) is 0 Å². The Morgan fingerprint density at radius 1 is 1.04 bits per heavy atom. The average molecular weight is 339 g/mol. The first kappa shape index (κ1) is 18.1. The van der Waals surface area contributed by atoms with E-state index in [0.717, 1.165) is 11.4 Å². The third kappa shape index (κ3) is 6.39. The van der Waals surface area contributed by atoms with Crippen molar-refractivity contribution in [3.05, 3.63) is 61.2 Å². The lowest BCUT2D eigenvalue weighted by atomic mass is 10.2. The predicted octanol–water partition coefficient (Wildman–Crippen LogP) is 3.26. The summed E-state index contributed by atoms with van der Waals surface area (Å²) in [7, 11) is 0. The third-order valence-corrected chi connectivity index (χ3v) is 3.14. The summed E-state index contributed by atoms with van der Waals surface area (Å²) in [6, 6.07) is 14.3. The van der Waals surface area contributed by atoms with Gasteiger partial charge < -0.3 is 20.7 Å². The van der Waals surface area contributed by atoms with Gasteiger partial charge in [-0.25, -0.2) is 0 Å². The molecular weight excluding hydrogens is 318 g/mol. The maximum Gasteiger partial charge on any atom is 0.243 e. The highest BCUT2D eigenvalue weighted by molar-refractivity contribution is 5.95. The predicted molar refractivity (Wildman–Crippen MR) is 100.0 cm³/mol. The summed E-state index contributed by atoms with van der Waals surface area (Å²) in [6.07, 6.45) is 1.68. The molecule has 2 aromatic rings. The van der Waals surface area contributed by atoms with Crippen LogP contribution in [0.25, 0.3) is 0 Å². The molecule has 6 nitrogen and oxygen atoms in total. The molecule has 25 heavy (non-hydrogen) atoms. The number of hydrogen-bond acceptors (Lipinski definition) is 4. The number of ether oxygens (including phenoxy) is 1. The Kier molecular flexibility index (Phi) is 6.59. The lowest BCUT2D eigenvalue weighted by Gasteiger charge is -2.10. The topological polar surface area (TPSA) is 79.5 Å². The van der Waals surface area contributed by atoms with Crippen molar-refractivity contribution in [1.82, 2.24) is 0 Å². The highest BCUT2D eigenvalue weighted by Gasteiger charge is 2.04. The number of carbonyl (C=O) groups is 2. The molecule has 0 bridgehead atoms. The van der Waals surface area contributed by atoms with Gasteiger partial charge in [0.05, 0.1) is 6.54 Å². The van der Waals surface area contributed by atoms with Gasteiger partial charge in [0, 0.05) is 24.0 Å². The summed E-state index contributed by atoms with van der Waals surface area (Å²) in [6.45, 7) is 5.60.